The number of hydrogen-bond acceptors (Lipinski definition) is 4. The van der Waals surface area contributed by atoms with E-state index in [0.717, 1.165) is 6.42 Å². The predicted molar refractivity (Wildman–Crippen MR) is 105 cm³/mol. The molecule has 2 amide bonds. The van der Waals surface area contributed by atoms with Crippen LogP contribution in [0.5, 0.6) is 5.75 Å². The first-order valence-corrected chi connectivity index (χ1v) is 10.6. The van der Waals surface area contributed by atoms with E-state index in [0.29, 0.717) is 10.6 Å². The SMILES string of the molecule is CCC(C)N(Cc1cc(Cl)ccc1OS(=O)(=O)CC)C(=O)NC(C)(C)C. The molecule has 148 valence electrons. The molecule has 1 unspecified atom stereocenters. The lowest BCUT2D eigenvalue weighted by Gasteiger charge is -2.32. The first-order chi connectivity index (χ1) is 11.9. The van der Waals surface area contributed by atoms with E-state index in [1.54, 1.807) is 17.0 Å². The molecule has 0 fully saturated rings. The van der Waals surface area contributed by atoms with Crippen LogP contribution in [-0.2, 0) is 16.7 Å². The number of nitrogens with one attached hydrogen (secondary N) is 1. The molecule has 0 aliphatic carbocycles. The van der Waals surface area contributed by atoms with Crippen LogP contribution in [0.15, 0.2) is 18.2 Å². The maximum absolute atomic E-state index is 12.7. The lowest BCUT2D eigenvalue weighted by molar-refractivity contribution is 0.164. The van der Waals surface area contributed by atoms with Gasteiger partial charge in [0.05, 0.1) is 12.3 Å². The average Bonchev–Trinajstić information content (AvgIpc) is 2.52. The van der Waals surface area contributed by atoms with Gasteiger partial charge in [0.15, 0.2) is 0 Å². The van der Waals surface area contributed by atoms with Crippen LogP contribution in [0, 0.1) is 0 Å². The first-order valence-electron chi connectivity index (χ1n) is 8.68. The smallest absolute Gasteiger partial charge is 0.318 e. The fourth-order valence-electron chi connectivity index (χ4n) is 2.17. The van der Waals surface area contributed by atoms with Crippen molar-refractivity contribution in [3.63, 3.8) is 0 Å². The number of urea groups is 1. The topological polar surface area (TPSA) is 75.7 Å². The number of rotatable bonds is 7. The van der Waals surface area contributed by atoms with E-state index in [-0.39, 0.29) is 35.7 Å². The fraction of sp³-hybridized carbons (Fsp3) is 0.611. The standard InChI is InChI=1S/C18H29ClN2O4S/c1-7-13(3)21(17(22)20-18(4,5)6)12-14-11-15(19)9-10-16(14)25-26(23,24)8-2/h9-11,13H,7-8,12H2,1-6H3,(H,20,22). The minimum atomic E-state index is -3.68. The summed E-state index contributed by atoms with van der Waals surface area (Å²) in [6.45, 7) is 11.3. The molecular formula is C18H29ClN2O4S. The molecule has 0 heterocycles. The Hall–Kier alpha value is -1.47. The molecule has 26 heavy (non-hydrogen) atoms. The normalized spacial score (nSPS) is 13.2. The zero-order valence-electron chi connectivity index (χ0n) is 16.3. The Bertz CT molecular complexity index is 729. The van der Waals surface area contributed by atoms with Crippen molar-refractivity contribution in [2.45, 2.75) is 66.1 Å². The molecule has 6 nitrogen and oxygen atoms in total. The van der Waals surface area contributed by atoms with E-state index in [2.05, 4.69) is 5.32 Å². The Balaban J connectivity index is 3.21. The van der Waals surface area contributed by atoms with Crippen molar-refractivity contribution in [1.29, 1.82) is 0 Å². The number of halogens is 1. The summed E-state index contributed by atoms with van der Waals surface area (Å²) in [5.74, 6) is 0.0439. The summed E-state index contributed by atoms with van der Waals surface area (Å²) in [4.78, 5) is 14.4. The molecule has 0 spiro atoms. The molecule has 1 aromatic carbocycles. The summed E-state index contributed by atoms with van der Waals surface area (Å²) in [6.07, 6.45) is 0.752. The molecule has 8 heteroatoms. The van der Waals surface area contributed by atoms with Crippen molar-refractivity contribution in [2.24, 2.45) is 0 Å². The van der Waals surface area contributed by atoms with Gasteiger partial charge in [0.25, 0.3) is 0 Å². The Morgan fingerprint density at radius 3 is 2.42 bits per heavy atom. The number of benzene rings is 1. The largest absolute Gasteiger partial charge is 0.382 e. The second-order valence-electron chi connectivity index (χ2n) is 7.25. The second kappa shape index (κ2) is 8.95. The highest BCUT2D eigenvalue weighted by Crippen LogP contribution is 2.27. The Kier molecular flexibility index (Phi) is 7.77. The van der Waals surface area contributed by atoms with Crippen molar-refractivity contribution in [1.82, 2.24) is 10.2 Å². The summed E-state index contributed by atoms with van der Waals surface area (Å²) in [6, 6.07) is 4.43. The molecular weight excluding hydrogens is 376 g/mol. The van der Waals surface area contributed by atoms with Gasteiger partial charge in [0.1, 0.15) is 5.75 Å². The van der Waals surface area contributed by atoms with E-state index >= 15 is 0 Å². The van der Waals surface area contributed by atoms with Gasteiger partial charge in [-0.15, -0.1) is 0 Å². The lowest BCUT2D eigenvalue weighted by atomic mass is 10.1. The number of carbonyl (C=O) groups is 1. The van der Waals surface area contributed by atoms with Crippen LogP contribution in [0.4, 0.5) is 4.79 Å². The van der Waals surface area contributed by atoms with Gasteiger partial charge in [-0.1, -0.05) is 18.5 Å². The molecule has 0 aliphatic rings. The molecule has 1 atom stereocenters. The van der Waals surface area contributed by atoms with E-state index in [4.69, 9.17) is 15.8 Å². The highest BCUT2D eigenvalue weighted by atomic mass is 35.5. The molecule has 0 radical (unpaired) electrons. The zero-order chi connectivity index (χ0) is 20.1. The van der Waals surface area contributed by atoms with Crippen LogP contribution in [0.25, 0.3) is 0 Å². The molecule has 0 aliphatic heterocycles. The molecule has 0 bridgehead atoms. The zero-order valence-corrected chi connectivity index (χ0v) is 17.9. The number of nitrogens with zero attached hydrogens (tertiary/aromatic N) is 1. The first kappa shape index (κ1) is 22.6. The minimum absolute atomic E-state index is 0.0491. The van der Waals surface area contributed by atoms with Gasteiger partial charge in [-0.25, -0.2) is 4.79 Å². The van der Waals surface area contributed by atoms with Crippen molar-refractivity contribution in [3.05, 3.63) is 28.8 Å². The van der Waals surface area contributed by atoms with E-state index < -0.39 is 10.1 Å². The van der Waals surface area contributed by atoms with Crippen LogP contribution in [-0.4, -0.2) is 36.7 Å². The van der Waals surface area contributed by atoms with Crippen LogP contribution >= 0.6 is 11.6 Å². The van der Waals surface area contributed by atoms with Crippen LogP contribution in [0.3, 0.4) is 0 Å². The van der Waals surface area contributed by atoms with Crippen LogP contribution in [0.1, 0.15) is 53.5 Å². The lowest BCUT2D eigenvalue weighted by Crippen LogP contribution is -2.50. The monoisotopic (exact) mass is 404 g/mol. The van der Waals surface area contributed by atoms with E-state index in [1.165, 1.54) is 13.0 Å². The summed E-state index contributed by atoms with van der Waals surface area (Å²) in [5, 5.41) is 3.39. The maximum Gasteiger partial charge on any atom is 0.318 e. The number of carbonyl (C=O) groups excluding carboxylic acids is 1. The Morgan fingerprint density at radius 1 is 1.31 bits per heavy atom. The van der Waals surface area contributed by atoms with E-state index in [1.807, 2.05) is 34.6 Å². The summed E-state index contributed by atoms with van der Waals surface area (Å²) in [7, 11) is -3.68. The van der Waals surface area contributed by atoms with Crippen molar-refractivity contribution in [3.8, 4) is 5.75 Å². The van der Waals surface area contributed by atoms with Gasteiger partial charge in [-0.2, -0.15) is 8.42 Å². The molecule has 0 saturated heterocycles. The highest BCUT2D eigenvalue weighted by molar-refractivity contribution is 7.87. The molecule has 0 aromatic heterocycles. The van der Waals surface area contributed by atoms with Gasteiger partial charge in [0, 0.05) is 22.2 Å². The van der Waals surface area contributed by atoms with Crippen LogP contribution < -0.4 is 9.50 Å². The molecule has 1 N–H and O–H groups in total. The third-order valence-electron chi connectivity index (χ3n) is 3.80. The minimum Gasteiger partial charge on any atom is -0.382 e. The third-order valence-corrected chi connectivity index (χ3v) is 5.17. The van der Waals surface area contributed by atoms with E-state index in [9.17, 15) is 13.2 Å². The maximum atomic E-state index is 12.7. The molecule has 1 aromatic rings. The van der Waals surface area contributed by atoms with Crippen molar-refractivity contribution in [2.75, 3.05) is 5.75 Å². The second-order valence-corrected chi connectivity index (χ2v) is 9.54. The quantitative estimate of drug-likeness (QED) is 0.691. The van der Waals surface area contributed by atoms with Gasteiger partial charge in [-0.05, 0) is 59.2 Å². The predicted octanol–water partition coefficient (Wildman–Crippen LogP) is 4.18. The Labute approximate surface area is 162 Å². The highest BCUT2D eigenvalue weighted by Gasteiger charge is 2.25. The molecule has 0 saturated carbocycles. The molecule has 1 rings (SSSR count). The summed E-state index contributed by atoms with van der Waals surface area (Å²) < 4.78 is 28.9. The average molecular weight is 405 g/mol. The number of hydrogen-bond donors (Lipinski definition) is 1. The van der Waals surface area contributed by atoms with Gasteiger partial charge >= 0.3 is 16.1 Å². The van der Waals surface area contributed by atoms with Crippen molar-refractivity contribution >= 4 is 27.8 Å². The fourth-order valence-corrected chi connectivity index (χ4v) is 2.92. The van der Waals surface area contributed by atoms with Gasteiger partial charge < -0.3 is 14.4 Å². The van der Waals surface area contributed by atoms with Crippen LogP contribution in [0.2, 0.25) is 5.02 Å². The Morgan fingerprint density at radius 2 is 1.92 bits per heavy atom. The third kappa shape index (κ3) is 7.03. The summed E-state index contributed by atoms with van der Waals surface area (Å²) in [5.41, 5.74) is 0.154. The van der Waals surface area contributed by atoms with Gasteiger partial charge in [0.2, 0.25) is 0 Å². The number of amides is 2. The van der Waals surface area contributed by atoms with Gasteiger partial charge in [-0.3, -0.25) is 0 Å². The van der Waals surface area contributed by atoms with Crippen molar-refractivity contribution < 1.29 is 17.4 Å². The summed E-state index contributed by atoms with van der Waals surface area (Å²) >= 11 is 6.08.